The van der Waals surface area contributed by atoms with Crippen molar-refractivity contribution in [1.29, 1.82) is 0 Å². The number of aromatic nitrogens is 2. The molecule has 0 radical (unpaired) electrons. The highest BCUT2D eigenvalue weighted by Crippen LogP contribution is 2.31. The molecule has 3 heterocycles. The number of amides is 1. The maximum atomic E-state index is 12.7. The molecule has 6 nitrogen and oxygen atoms in total. The fraction of sp³-hybridized carbons (Fsp3) is 0.750. The highest BCUT2D eigenvalue weighted by Gasteiger charge is 2.35. The number of aryl methyl sites for hydroxylation is 2. The molecule has 2 saturated heterocycles. The first-order chi connectivity index (χ1) is 11.1. The minimum absolute atomic E-state index is 0.116. The molecule has 2 fully saturated rings. The average Bonchev–Trinajstić information content (AvgIpc) is 2.81. The molecule has 23 heavy (non-hydrogen) atoms. The number of rotatable bonds is 3. The van der Waals surface area contributed by atoms with Crippen molar-refractivity contribution < 1.29 is 14.3 Å². The van der Waals surface area contributed by atoms with Crippen molar-refractivity contribution in [2.45, 2.75) is 32.2 Å². The number of nitrogens with zero attached hydrogens (tertiary/aromatic N) is 2. The Morgan fingerprint density at radius 2 is 1.96 bits per heavy atom. The van der Waals surface area contributed by atoms with Crippen molar-refractivity contribution in [2.75, 3.05) is 26.4 Å². The Bertz CT molecular complexity index is 569. The zero-order valence-electron chi connectivity index (χ0n) is 13.7. The second-order valence-electron chi connectivity index (χ2n) is 6.43. The summed E-state index contributed by atoms with van der Waals surface area (Å²) in [6, 6.07) is 0.116. The third-order valence-corrected chi connectivity index (χ3v) is 5.41. The quantitative estimate of drug-likeness (QED) is 0.912. The highest BCUT2D eigenvalue weighted by molar-refractivity contribution is 6.34. The van der Waals surface area contributed by atoms with Crippen LogP contribution in [0.25, 0.3) is 0 Å². The summed E-state index contributed by atoms with van der Waals surface area (Å²) < 4.78 is 12.7. The topological polar surface area (TPSA) is 65.4 Å². The van der Waals surface area contributed by atoms with Crippen LogP contribution >= 0.6 is 11.6 Å². The fourth-order valence-electron chi connectivity index (χ4n) is 3.66. The molecule has 2 aliphatic heterocycles. The molecule has 2 aliphatic rings. The molecular weight excluding hydrogens is 318 g/mol. The van der Waals surface area contributed by atoms with Gasteiger partial charge in [-0.05, 0) is 32.1 Å². The van der Waals surface area contributed by atoms with E-state index < -0.39 is 0 Å². The lowest BCUT2D eigenvalue weighted by Gasteiger charge is -2.39. The number of hydrogen-bond acceptors (Lipinski definition) is 4. The molecule has 1 amide bonds. The maximum Gasteiger partial charge on any atom is 0.271 e. The summed E-state index contributed by atoms with van der Waals surface area (Å²) in [4.78, 5) is 12.7. The van der Waals surface area contributed by atoms with Crippen LogP contribution < -0.4 is 5.32 Å². The minimum Gasteiger partial charge on any atom is -0.381 e. The first-order valence-electron chi connectivity index (χ1n) is 8.23. The van der Waals surface area contributed by atoms with Gasteiger partial charge in [0, 0.05) is 38.8 Å². The van der Waals surface area contributed by atoms with E-state index >= 15 is 0 Å². The molecule has 2 atom stereocenters. The molecule has 0 spiro atoms. The van der Waals surface area contributed by atoms with Crippen LogP contribution in [0.5, 0.6) is 0 Å². The lowest BCUT2D eigenvalue weighted by atomic mass is 9.79. The minimum atomic E-state index is -0.151. The molecule has 1 aromatic heterocycles. The van der Waals surface area contributed by atoms with E-state index in [0.29, 0.717) is 41.5 Å². The van der Waals surface area contributed by atoms with Gasteiger partial charge < -0.3 is 14.8 Å². The Balaban J connectivity index is 1.72. The van der Waals surface area contributed by atoms with Gasteiger partial charge in [0.15, 0.2) is 0 Å². The molecule has 0 aromatic carbocycles. The highest BCUT2D eigenvalue weighted by atomic mass is 35.5. The van der Waals surface area contributed by atoms with E-state index in [-0.39, 0.29) is 11.9 Å². The van der Waals surface area contributed by atoms with Gasteiger partial charge in [-0.3, -0.25) is 9.48 Å². The second-order valence-corrected chi connectivity index (χ2v) is 6.81. The number of carbonyl (C=O) groups excluding carboxylic acids is 1. The van der Waals surface area contributed by atoms with Gasteiger partial charge >= 0.3 is 0 Å². The van der Waals surface area contributed by atoms with Gasteiger partial charge in [0.2, 0.25) is 0 Å². The van der Waals surface area contributed by atoms with Crippen LogP contribution in [0.2, 0.25) is 5.02 Å². The molecule has 128 valence electrons. The summed E-state index contributed by atoms with van der Waals surface area (Å²) in [5, 5.41) is 7.82. The van der Waals surface area contributed by atoms with Crippen LogP contribution in [-0.2, 0) is 16.5 Å². The summed E-state index contributed by atoms with van der Waals surface area (Å²) in [5.41, 5.74) is 1.11. The van der Waals surface area contributed by atoms with Gasteiger partial charge in [0.05, 0.1) is 17.3 Å². The predicted octanol–water partition coefficient (Wildman–Crippen LogP) is 1.94. The van der Waals surface area contributed by atoms with E-state index in [2.05, 4.69) is 10.4 Å². The van der Waals surface area contributed by atoms with E-state index in [1.54, 1.807) is 18.7 Å². The van der Waals surface area contributed by atoms with Crippen LogP contribution in [0.4, 0.5) is 0 Å². The molecule has 7 heteroatoms. The van der Waals surface area contributed by atoms with Crippen molar-refractivity contribution in [3.63, 3.8) is 0 Å². The lowest BCUT2D eigenvalue weighted by molar-refractivity contribution is -0.0259. The zero-order valence-corrected chi connectivity index (χ0v) is 14.4. The van der Waals surface area contributed by atoms with Crippen LogP contribution in [0.3, 0.4) is 0 Å². The monoisotopic (exact) mass is 341 g/mol. The molecule has 3 rings (SSSR count). The van der Waals surface area contributed by atoms with E-state index in [1.165, 1.54) is 0 Å². The first-order valence-corrected chi connectivity index (χ1v) is 8.61. The number of carbonyl (C=O) groups is 1. The fourth-order valence-corrected chi connectivity index (χ4v) is 3.91. The van der Waals surface area contributed by atoms with E-state index in [1.807, 2.05) is 0 Å². The molecule has 0 saturated carbocycles. The Hall–Kier alpha value is -1.11. The van der Waals surface area contributed by atoms with E-state index in [0.717, 1.165) is 32.5 Å². The SMILES string of the molecule is Cc1nn(C)c(C(=O)N[C@H]2CCOC[C@H]2C2CCOCC2)c1Cl. The second kappa shape index (κ2) is 7.20. The summed E-state index contributed by atoms with van der Waals surface area (Å²) in [5.74, 6) is 0.727. The molecular formula is C16H24ClN3O3. The van der Waals surface area contributed by atoms with Crippen molar-refractivity contribution in [1.82, 2.24) is 15.1 Å². The molecule has 1 N–H and O–H groups in total. The third-order valence-electron chi connectivity index (χ3n) is 4.95. The van der Waals surface area contributed by atoms with Gasteiger partial charge in [-0.15, -0.1) is 0 Å². The van der Waals surface area contributed by atoms with E-state index in [4.69, 9.17) is 21.1 Å². The smallest absolute Gasteiger partial charge is 0.271 e. The molecule has 0 aliphatic carbocycles. The van der Waals surface area contributed by atoms with Gasteiger partial charge in [0.25, 0.3) is 5.91 Å². The van der Waals surface area contributed by atoms with Crippen molar-refractivity contribution in [3.8, 4) is 0 Å². The van der Waals surface area contributed by atoms with E-state index in [9.17, 15) is 4.79 Å². The van der Waals surface area contributed by atoms with Gasteiger partial charge in [-0.2, -0.15) is 5.10 Å². The lowest BCUT2D eigenvalue weighted by Crippen LogP contribution is -2.49. The summed E-state index contributed by atoms with van der Waals surface area (Å²) in [6.07, 6.45) is 2.90. The number of hydrogen-bond donors (Lipinski definition) is 1. The standard InChI is InChI=1S/C16H24ClN3O3/c1-10-14(17)15(20(2)19-10)16(21)18-13-5-8-23-9-12(13)11-3-6-22-7-4-11/h11-13H,3-9H2,1-2H3,(H,18,21)/t12-,13-/m0/s1. The zero-order chi connectivity index (χ0) is 16.4. The molecule has 0 unspecified atom stereocenters. The number of halogens is 1. The summed E-state index contributed by atoms with van der Waals surface area (Å²) in [6.45, 7) is 4.79. The Labute approximate surface area is 141 Å². The maximum absolute atomic E-state index is 12.7. The summed E-state index contributed by atoms with van der Waals surface area (Å²) >= 11 is 6.23. The van der Waals surface area contributed by atoms with Gasteiger partial charge in [0.1, 0.15) is 5.69 Å². The summed E-state index contributed by atoms with van der Waals surface area (Å²) in [7, 11) is 1.74. The van der Waals surface area contributed by atoms with Gasteiger partial charge in [-0.25, -0.2) is 0 Å². The average molecular weight is 342 g/mol. The third kappa shape index (κ3) is 3.54. The number of nitrogens with one attached hydrogen (secondary N) is 1. The van der Waals surface area contributed by atoms with Gasteiger partial charge in [-0.1, -0.05) is 11.6 Å². The van der Waals surface area contributed by atoms with Crippen LogP contribution in [0.15, 0.2) is 0 Å². The Kier molecular flexibility index (Phi) is 5.24. The normalized spacial score (nSPS) is 26.2. The van der Waals surface area contributed by atoms with Crippen LogP contribution in [0, 0.1) is 18.8 Å². The van der Waals surface area contributed by atoms with Crippen molar-refractivity contribution in [3.05, 3.63) is 16.4 Å². The first kappa shape index (κ1) is 16.7. The van der Waals surface area contributed by atoms with Crippen LogP contribution in [-0.4, -0.2) is 48.2 Å². The Morgan fingerprint density at radius 1 is 1.26 bits per heavy atom. The molecule has 0 bridgehead atoms. The predicted molar refractivity (Wildman–Crippen MR) is 86.7 cm³/mol. The largest absolute Gasteiger partial charge is 0.381 e. The van der Waals surface area contributed by atoms with Crippen molar-refractivity contribution in [2.24, 2.45) is 18.9 Å². The number of ether oxygens (including phenoxy) is 2. The van der Waals surface area contributed by atoms with Crippen LogP contribution in [0.1, 0.15) is 35.4 Å². The van der Waals surface area contributed by atoms with Crippen molar-refractivity contribution >= 4 is 17.5 Å². The molecule has 1 aromatic rings. The Morgan fingerprint density at radius 3 is 2.61 bits per heavy atom.